The van der Waals surface area contributed by atoms with Crippen molar-refractivity contribution in [1.29, 1.82) is 0 Å². The van der Waals surface area contributed by atoms with Crippen LogP contribution in [-0.4, -0.2) is 4.98 Å². The minimum Gasteiger partial charge on any atom is -0.489 e. The zero-order chi connectivity index (χ0) is 12.4. The number of rotatable bonds is 3. The first kappa shape index (κ1) is 10.9. The van der Waals surface area contributed by atoms with Gasteiger partial charge in [-0.1, -0.05) is 30.3 Å². The Bertz CT molecular complexity index is 655. The van der Waals surface area contributed by atoms with Gasteiger partial charge in [-0.15, -0.1) is 0 Å². The molecule has 0 saturated carbocycles. The summed E-state index contributed by atoms with van der Waals surface area (Å²) in [5.74, 6) is 0.876. The van der Waals surface area contributed by atoms with E-state index in [1.807, 2.05) is 43.3 Å². The Balaban J connectivity index is 1.78. The van der Waals surface area contributed by atoms with Gasteiger partial charge in [-0.2, -0.15) is 0 Å². The number of nitrogens with one attached hydrogen (secondary N) is 1. The van der Waals surface area contributed by atoms with Crippen molar-refractivity contribution in [1.82, 2.24) is 4.98 Å². The Morgan fingerprint density at radius 2 is 1.94 bits per heavy atom. The van der Waals surface area contributed by atoms with Gasteiger partial charge >= 0.3 is 0 Å². The largest absolute Gasteiger partial charge is 0.489 e. The average Bonchev–Trinajstić information content (AvgIpc) is 2.77. The molecule has 0 unspecified atom stereocenters. The summed E-state index contributed by atoms with van der Waals surface area (Å²) in [5, 5.41) is 1.07. The highest BCUT2D eigenvalue weighted by Gasteiger charge is 2.01. The summed E-state index contributed by atoms with van der Waals surface area (Å²) < 4.78 is 5.78. The second-order valence-electron chi connectivity index (χ2n) is 4.36. The summed E-state index contributed by atoms with van der Waals surface area (Å²) >= 11 is 0. The fourth-order valence-electron chi connectivity index (χ4n) is 2.00. The monoisotopic (exact) mass is 236 g/mol. The third kappa shape index (κ3) is 2.23. The summed E-state index contributed by atoms with van der Waals surface area (Å²) in [6.45, 7) is 2.60. The Hall–Kier alpha value is -2.22. The van der Waals surface area contributed by atoms with E-state index in [0.717, 1.165) is 22.3 Å². The van der Waals surface area contributed by atoms with Crippen LogP contribution in [0.15, 0.2) is 48.5 Å². The molecule has 1 aromatic heterocycles. The number of ether oxygens (including phenoxy) is 1. The maximum atomic E-state index is 5.78. The molecular formula is C16H14NO. The lowest BCUT2D eigenvalue weighted by Gasteiger charge is -2.06. The molecule has 2 heteroatoms. The second kappa shape index (κ2) is 4.57. The van der Waals surface area contributed by atoms with E-state index >= 15 is 0 Å². The molecule has 0 bridgehead atoms. The first-order chi connectivity index (χ1) is 8.81. The Morgan fingerprint density at radius 3 is 2.78 bits per heavy atom. The molecule has 2 aromatic carbocycles. The van der Waals surface area contributed by atoms with Gasteiger partial charge in [0.2, 0.25) is 0 Å². The fraction of sp³-hybridized carbons (Fsp3) is 0.125. The Labute approximate surface area is 106 Å². The molecule has 0 aliphatic heterocycles. The average molecular weight is 236 g/mol. The molecule has 0 saturated heterocycles. The van der Waals surface area contributed by atoms with Crippen LogP contribution in [0.2, 0.25) is 0 Å². The zero-order valence-corrected chi connectivity index (χ0v) is 10.2. The van der Waals surface area contributed by atoms with Crippen LogP contribution in [-0.2, 0) is 6.61 Å². The topological polar surface area (TPSA) is 25.0 Å². The lowest BCUT2D eigenvalue weighted by molar-refractivity contribution is 0.306. The number of fused-ring (bicyclic) bond motifs is 1. The predicted octanol–water partition coefficient (Wildman–Crippen LogP) is 3.86. The molecule has 1 N–H and O–H groups in total. The highest BCUT2D eigenvalue weighted by molar-refractivity contribution is 5.81. The lowest BCUT2D eigenvalue weighted by atomic mass is 10.2. The zero-order valence-electron chi connectivity index (χ0n) is 10.2. The van der Waals surface area contributed by atoms with Gasteiger partial charge in [-0.3, -0.25) is 0 Å². The Morgan fingerprint density at radius 1 is 1.11 bits per heavy atom. The van der Waals surface area contributed by atoms with E-state index in [4.69, 9.17) is 4.74 Å². The van der Waals surface area contributed by atoms with Crippen LogP contribution in [0.25, 0.3) is 10.9 Å². The van der Waals surface area contributed by atoms with E-state index in [0.29, 0.717) is 6.61 Å². The molecule has 2 nitrogen and oxygen atoms in total. The predicted molar refractivity (Wildman–Crippen MR) is 72.6 cm³/mol. The third-order valence-corrected chi connectivity index (χ3v) is 2.88. The standard InChI is InChI=1S/C16H14NO/c1-12-9-14-10-15(7-8-16(14)17-12)18-11-13-5-3-2-4-6-13/h2-8,10,17H,11H2,1H3. The van der Waals surface area contributed by atoms with Crippen LogP contribution in [0.5, 0.6) is 5.75 Å². The summed E-state index contributed by atoms with van der Waals surface area (Å²) in [4.78, 5) is 3.25. The normalized spacial score (nSPS) is 10.7. The molecule has 0 aliphatic carbocycles. The number of aromatic nitrogens is 1. The highest BCUT2D eigenvalue weighted by Crippen LogP contribution is 2.21. The van der Waals surface area contributed by atoms with Gasteiger partial charge in [0.05, 0.1) is 0 Å². The molecule has 0 spiro atoms. The fourth-order valence-corrected chi connectivity index (χ4v) is 2.00. The first-order valence-corrected chi connectivity index (χ1v) is 6.00. The molecule has 0 atom stereocenters. The van der Waals surface area contributed by atoms with Gasteiger partial charge < -0.3 is 9.72 Å². The van der Waals surface area contributed by atoms with Crippen molar-refractivity contribution in [2.75, 3.05) is 0 Å². The van der Waals surface area contributed by atoms with Crippen molar-refractivity contribution in [2.24, 2.45) is 0 Å². The van der Waals surface area contributed by atoms with Crippen molar-refractivity contribution in [2.45, 2.75) is 13.5 Å². The van der Waals surface area contributed by atoms with Gasteiger partial charge in [-0.05, 0) is 30.7 Å². The molecule has 1 heterocycles. The molecule has 3 aromatic rings. The van der Waals surface area contributed by atoms with Crippen LogP contribution < -0.4 is 4.74 Å². The van der Waals surface area contributed by atoms with E-state index in [-0.39, 0.29) is 0 Å². The molecule has 3 rings (SSSR count). The smallest absolute Gasteiger partial charge is 0.120 e. The quantitative estimate of drug-likeness (QED) is 0.734. The molecule has 18 heavy (non-hydrogen) atoms. The van der Waals surface area contributed by atoms with Gasteiger partial charge in [0.25, 0.3) is 0 Å². The third-order valence-electron chi connectivity index (χ3n) is 2.88. The number of aryl methyl sites for hydroxylation is 1. The number of H-pyrrole nitrogens is 1. The van der Waals surface area contributed by atoms with Crippen molar-refractivity contribution >= 4 is 10.9 Å². The number of hydrogen-bond donors (Lipinski definition) is 1. The van der Waals surface area contributed by atoms with Crippen molar-refractivity contribution in [3.05, 3.63) is 65.9 Å². The molecule has 0 fully saturated rings. The van der Waals surface area contributed by atoms with Crippen molar-refractivity contribution in [3.63, 3.8) is 0 Å². The van der Waals surface area contributed by atoms with Crippen LogP contribution in [0.1, 0.15) is 11.3 Å². The maximum Gasteiger partial charge on any atom is 0.120 e. The van der Waals surface area contributed by atoms with E-state index in [2.05, 4.69) is 23.2 Å². The summed E-state index contributed by atoms with van der Waals surface area (Å²) in [6.07, 6.45) is 0. The summed E-state index contributed by atoms with van der Waals surface area (Å²) in [6, 6.07) is 19.5. The number of hydrogen-bond acceptors (Lipinski definition) is 1. The molecule has 89 valence electrons. The molecule has 1 radical (unpaired) electrons. The maximum absolute atomic E-state index is 5.78. The van der Waals surface area contributed by atoms with Gasteiger partial charge in [0, 0.05) is 22.7 Å². The van der Waals surface area contributed by atoms with E-state index in [1.54, 1.807) is 0 Å². The minimum atomic E-state index is 0.593. The van der Waals surface area contributed by atoms with E-state index in [9.17, 15) is 0 Å². The first-order valence-electron chi connectivity index (χ1n) is 6.00. The number of benzene rings is 2. The summed E-state index contributed by atoms with van der Waals surface area (Å²) in [7, 11) is 0. The summed E-state index contributed by atoms with van der Waals surface area (Å²) in [5.41, 5.74) is 3.32. The highest BCUT2D eigenvalue weighted by atomic mass is 16.5. The van der Waals surface area contributed by atoms with Crippen LogP contribution in [0.3, 0.4) is 0 Å². The van der Waals surface area contributed by atoms with Crippen molar-refractivity contribution < 1.29 is 4.74 Å². The van der Waals surface area contributed by atoms with Gasteiger partial charge in [0.15, 0.2) is 0 Å². The number of aromatic amines is 1. The molecule has 0 amide bonds. The molecular weight excluding hydrogens is 222 g/mol. The van der Waals surface area contributed by atoms with Crippen molar-refractivity contribution in [3.8, 4) is 5.75 Å². The lowest BCUT2D eigenvalue weighted by Crippen LogP contribution is -1.94. The van der Waals surface area contributed by atoms with Crippen LogP contribution in [0, 0.1) is 13.0 Å². The Kier molecular flexibility index (Phi) is 2.77. The second-order valence-corrected chi connectivity index (χ2v) is 4.36. The van der Waals surface area contributed by atoms with E-state index in [1.165, 1.54) is 5.56 Å². The SMILES string of the molecule is Cc1[c]c2cc(OCc3ccccc3)ccc2[nH]1. The molecule has 0 aliphatic rings. The van der Waals surface area contributed by atoms with Gasteiger partial charge in [-0.25, -0.2) is 0 Å². The minimum absolute atomic E-state index is 0.593. The van der Waals surface area contributed by atoms with E-state index < -0.39 is 0 Å². The van der Waals surface area contributed by atoms with Crippen LogP contribution >= 0.6 is 0 Å². The van der Waals surface area contributed by atoms with Gasteiger partial charge in [0.1, 0.15) is 12.4 Å². The van der Waals surface area contributed by atoms with Crippen LogP contribution in [0.4, 0.5) is 0 Å².